The van der Waals surface area contributed by atoms with E-state index in [1.165, 1.54) is 0 Å². The van der Waals surface area contributed by atoms with E-state index in [-0.39, 0.29) is 11.6 Å². The van der Waals surface area contributed by atoms with Gasteiger partial charge in [0.1, 0.15) is 6.04 Å². The summed E-state index contributed by atoms with van der Waals surface area (Å²) in [6.07, 6.45) is -9.92. The molecular formula is C22H22ClF6N3O. The summed E-state index contributed by atoms with van der Waals surface area (Å²) in [5.74, 6) is -0.557. The molecule has 1 saturated heterocycles. The molecule has 1 heterocycles. The Labute approximate surface area is 192 Å². The molecule has 0 aliphatic carbocycles. The normalized spacial score (nSPS) is 17.1. The van der Waals surface area contributed by atoms with Crippen molar-refractivity contribution in [3.8, 4) is 0 Å². The number of hydrogen-bond donors (Lipinski definition) is 1. The van der Waals surface area contributed by atoms with E-state index in [0.717, 1.165) is 0 Å². The first-order chi connectivity index (χ1) is 15.4. The number of amides is 1. The second-order valence-electron chi connectivity index (χ2n) is 7.90. The number of hydrogen-bond acceptors (Lipinski definition) is 3. The number of benzene rings is 2. The lowest BCUT2D eigenvalue weighted by molar-refractivity contribution is -0.143. The molecule has 1 aliphatic rings. The van der Waals surface area contributed by atoms with Crippen LogP contribution in [0.25, 0.3) is 0 Å². The number of piperazine rings is 1. The highest BCUT2D eigenvalue weighted by Crippen LogP contribution is 2.36. The molecule has 1 amide bonds. The van der Waals surface area contributed by atoms with Gasteiger partial charge in [-0.2, -0.15) is 26.3 Å². The Kier molecular flexibility index (Phi) is 7.60. The molecule has 1 aliphatic heterocycles. The minimum Gasteiger partial charge on any atom is -0.350 e. The molecule has 180 valence electrons. The molecule has 0 spiro atoms. The number of halogens is 7. The van der Waals surface area contributed by atoms with Gasteiger partial charge in [-0.15, -0.1) is 0 Å². The van der Waals surface area contributed by atoms with Crippen LogP contribution >= 0.6 is 11.6 Å². The summed E-state index contributed by atoms with van der Waals surface area (Å²) in [4.78, 5) is 17.1. The van der Waals surface area contributed by atoms with Crippen LogP contribution in [-0.4, -0.2) is 48.9 Å². The van der Waals surface area contributed by atoms with Crippen LogP contribution in [0.4, 0.5) is 26.3 Å². The first-order valence-electron chi connectivity index (χ1n) is 10.1. The molecular weight excluding hydrogens is 472 g/mol. The molecule has 2 aromatic rings. The average molecular weight is 494 g/mol. The molecule has 4 nitrogen and oxygen atoms in total. The van der Waals surface area contributed by atoms with Gasteiger partial charge in [-0.05, 0) is 42.4 Å². The maximum Gasteiger partial charge on any atom is 0.416 e. The predicted molar refractivity (Wildman–Crippen MR) is 112 cm³/mol. The van der Waals surface area contributed by atoms with Crippen molar-refractivity contribution in [2.45, 2.75) is 24.9 Å². The van der Waals surface area contributed by atoms with Gasteiger partial charge in [-0.1, -0.05) is 29.8 Å². The number of nitrogens with zero attached hydrogens (tertiary/aromatic N) is 2. The lowest BCUT2D eigenvalue weighted by Gasteiger charge is -2.37. The van der Waals surface area contributed by atoms with Crippen molar-refractivity contribution < 1.29 is 31.1 Å². The summed E-state index contributed by atoms with van der Waals surface area (Å²) >= 11 is 6.30. The van der Waals surface area contributed by atoms with E-state index >= 15 is 0 Å². The fourth-order valence-corrected chi connectivity index (χ4v) is 3.93. The molecule has 2 aromatic carbocycles. The molecule has 3 rings (SSSR count). The predicted octanol–water partition coefficient (Wildman–Crippen LogP) is 4.98. The zero-order chi connectivity index (χ0) is 24.4. The highest BCUT2D eigenvalue weighted by atomic mass is 35.5. The first-order valence-corrected chi connectivity index (χ1v) is 10.5. The highest BCUT2D eigenvalue weighted by Gasteiger charge is 2.37. The Morgan fingerprint density at radius 1 is 0.970 bits per heavy atom. The molecule has 1 fully saturated rings. The number of rotatable bonds is 5. The van der Waals surface area contributed by atoms with Crippen molar-refractivity contribution in [1.29, 1.82) is 0 Å². The van der Waals surface area contributed by atoms with Crippen molar-refractivity contribution in [3.05, 3.63) is 69.7 Å². The second-order valence-corrected chi connectivity index (χ2v) is 8.30. The molecule has 1 unspecified atom stereocenters. The maximum absolute atomic E-state index is 13.1. The SMILES string of the molecule is CN1CCN(C(C(=O)NCc2cc(C(F)(F)F)cc(C(F)(F)F)c2)c2ccccc2Cl)CC1. The lowest BCUT2D eigenvalue weighted by Crippen LogP contribution is -2.49. The minimum absolute atomic E-state index is 0.0576. The summed E-state index contributed by atoms with van der Waals surface area (Å²) in [6.45, 7) is 1.97. The highest BCUT2D eigenvalue weighted by molar-refractivity contribution is 6.31. The quantitative estimate of drug-likeness (QED) is 0.597. The standard InChI is InChI=1S/C22H22ClF6N3O/c1-31-6-8-32(9-7-31)19(17-4-2-3-5-18(17)23)20(33)30-13-14-10-15(21(24,25)26)12-16(11-14)22(27,28)29/h2-5,10-12,19H,6-9,13H2,1H3,(H,30,33). The van der Waals surface area contributed by atoms with Crippen LogP contribution in [-0.2, 0) is 23.7 Å². The van der Waals surface area contributed by atoms with Crippen molar-refractivity contribution in [2.75, 3.05) is 33.2 Å². The monoisotopic (exact) mass is 493 g/mol. The third-order valence-electron chi connectivity index (χ3n) is 5.47. The Morgan fingerprint density at radius 3 is 2.03 bits per heavy atom. The van der Waals surface area contributed by atoms with Gasteiger partial charge in [0.2, 0.25) is 5.91 Å². The molecule has 0 radical (unpaired) electrons. The van der Waals surface area contributed by atoms with E-state index in [2.05, 4.69) is 10.2 Å². The first kappa shape index (κ1) is 25.3. The lowest BCUT2D eigenvalue weighted by atomic mass is 10.0. The van der Waals surface area contributed by atoms with Gasteiger partial charge in [0.25, 0.3) is 0 Å². The van der Waals surface area contributed by atoms with Crippen LogP contribution in [0, 0.1) is 0 Å². The zero-order valence-electron chi connectivity index (χ0n) is 17.6. The van der Waals surface area contributed by atoms with Crippen LogP contribution < -0.4 is 5.32 Å². The summed E-state index contributed by atoms with van der Waals surface area (Å²) in [5, 5.41) is 2.85. The van der Waals surface area contributed by atoms with Crippen LogP contribution in [0.1, 0.15) is 28.3 Å². The van der Waals surface area contributed by atoms with Gasteiger partial charge in [-0.3, -0.25) is 9.69 Å². The zero-order valence-corrected chi connectivity index (χ0v) is 18.4. The molecule has 33 heavy (non-hydrogen) atoms. The molecule has 1 N–H and O–H groups in total. The van der Waals surface area contributed by atoms with E-state index < -0.39 is 42.0 Å². The molecule has 0 aromatic heterocycles. The summed E-state index contributed by atoms with van der Waals surface area (Å²) in [6, 6.07) is 7.15. The Bertz CT molecular complexity index is 955. The van der Waals surface area contributed by atoms with Gasteiger partial charge >= 0.3 is 12.4 Å². The van der Waals surface area contributed by atoms with E-state index in [4.69, 9.17) is 11.6 Å². The van der Waals surface area contributed by atoms with E-state index in [0.29, 0.717) is 48.9 Å². The van der Waals surface area contributed by atoms with E-state index in [1.54, 1.807) is 24.3 Å². The summed E-state index contributed by atoms with van der Waals surface area (Å²) in [7, 11) is 1.94. The number of likely N-dealkylation sites (N-methyl/N-ethyl adjacent to an activating group) is 1. The van der Waals surface area contributed by atoms with E-state index in [1.807, 2.05) is 11.9 Å². The number of nitrogens with one attached hydrogen (secondary N) is 1. The Hall–Kier alpha value is -2.30. The molecule has 1 atom stereocenters. The van der Waals surface area contributed by atoms with Gasteiger partial charge in [0, 0.05) is 37.7 Å². The van der Waals surface area contributed by atoms with Crippen molar-refractivity contribution >= 4 is 17.5 Å². The van der Waals surface area contributed by atoms with Crippen LogP contribution in [0.3, 0.4) is 0 Å². The fraction of sp³-hybridized carbons (Fsp3) is 0.409. The van der Waals surface area contributed by atoms with Crippen LogP contribution in [0.15, 0.2) is 42.5 Å². The number of carbonyl (C=O) groups excluding carboxylic acids is 1. The van der Waals surface area contributed by atoms with Gasteiger partial charge < -0.3 is 10.2 Å². The number of alkyl halides is 6. The van der Waals surface area contributed by atoms with E-state index in [9.17, 15) is 31.1 Å². The Morgan fingerprint density at radius 2 is 1.52 bits per heavy atom. The van der Waals surface area contributed by atoms with Crippen LogP contribution in [0.5, 0.6) is 0 Å². The minimum atomic E-state index is -4.96. The fourth-order valence-electron chi connectivity index (χ4n) is 3.69. The average Bonchev–Trinajstić information content (AvgIpc) is 2.73. The largest absolute Gasteiger partial charge is 0.416 e. The van der Waals surface area contributed by atoms with Crippen LogP contribution in [0.2, 0.25) is 5.02 Å². The number of carbonyl (C=O) groups is 1. The van der Waals surface area contributed by atoms with Crippen molar-refractivity contribution in [1.82, 2.24) is 15.1 Å². The summed E-state index contributed by atoms with van der Waals surface area (Å²) in [5.41, 5.74) is -2.64. The van der Waals surface area contributed by atoms with Gasteiger partial charge in [0.05, 0.1) is 11.1 Å². The third-order valence-corrected chi connectivity index (χ3v) is 5.81. The van der Waals surface area contributed by atoms with Crippen molar-refractivity contribution in [3.63, 3.8) is 0 Å². The second kappa shape index (κ2) is 9.90. The third kappa shape index (κ3) is 6.39. The topological polar surface area (TPSA) is 35.6 Å². The van der Waals surface area contributed by atoms with Gasteiger partial charge in [-0.25, -0.2) is 0 Å². The smallest absolute Gasteiger partial charge is 0.350 e. The summed E-state index contributed by atoms with van der Waals surface area (Å²) < 4.78 is 78.7. The molecule has 0 saturated carbocycles. The molecule has 11 heteroatoms. The van der Waals surface area contributed by atoms with Gasteiger partial charge in [0.15, 0.2) is 0 Å². The molecule has 0 bridgehead atoms. The van der Waals surface area contributed by atoms with Crippen molar-refractivity contribution in [2.24, 2.45) is 0 Å². The Balaban J connectivity index is 1.86. The maximum atomic E-state index is 13.1.